The Kier molecular flexibility index (Phi) is 12.6. The average molecular weight is 945 g/mol. The molecular weight excluding hydrogens is 893 g/mol. The van der Waals surface area contributed by atoms with Crippen LogP contribution in [-0.2, 0) is 38.9 Å². The van der Waals surface area contributed by atoms with Crippen molar-refractivity contribution in [2.75, 3.05) is 26.4 Å². The van der Waals surface area contributed by atoms with Crippen LogP contribution in [0.3, 0.4) is 0 Å². The maximum atomic E-state index is 6.86. The summed E-state index contributed by atoms with van der Waals surface area (Å²) in [6.07, 6.45) is 6.06. The Bertz CT molecular complexity index is 3330. The third kappa shape index (κ3) is 9.77. The van der Waals surface area contributed by atoms with Gasteiger partial charge in [0.25, 0.3) is 0 Å². The molecule has 0 saturated carbocycles. The van der Waals surface area contributed by atoms with Crippen LogP contribution in [0.1, 0.15) is 55.9 Å². The molecule has 0 unspecified atom stereocenters. The molecular formula is C64H52N2O6. The van der Waals surface area contributed by atoms with Crippen molar-refractivity contribution in [3.8, 4) is 45.6 Å². The molecule has 8 nitrogen and oxygen atoms in total. The lowest BCUT2D eigenvalue weighted by molar-refractivity contribution is 0.216. The van der Waals surface area contributed by atoms with Gasteiger partial charge >= 0.3 is 0 Å². The molecule has 2 aromatic heterocycles. The molecule has 12 rings (SSSR count). The van der Waals surface area contributed by atoms with Crippen LogP contribution in [0.5, 0.6) is 34.5 Å². The molecule has 8 heteroatoms. The first-order valence-electron chi connectivity index (χ1n) is 24.7. The van der Waals surface area contributed by atoms with Crippen LogP contribution in [0.25, 0.3) is 32.7 Å². The van der Waals surface area contributed by atoms with Crippen LogP contribution in [0.2, 0.25) is 0 Å². The first-order valence-corrected chi connectivity index (χ1v) is 24.7. The first-order chi connectivity index (χ1) is 35.6. The van der Waals surface area contributed by atoms with E-state index in [1.807, 2.05) is 36.4 Å². The van der Waals surface area contributed by atoms with E-state index in [9.17, 15) is 0 Å². The van der Waals surface area contributed by atoms with Gasteiger partial charge in [-0.1, -0.05) is 121 Å². The molecule has 0 saturated heterocycles. The molecule has 0 amide bonds. The zero-order valence-corrected chi connectivity index (χ0v) is 39.9. The van der Waals surface area contributed by atoms with Crippen molar-refractivity contribution in [2.45, 2.75) is 38.9 Å². The number of pyridine rings is 2. The summed E-state index contributed by atoms with van der Waals surface area (Å²) in [5, 5.41) is 4.38. The molecule has 8 aromatic carbocycles. The predicted octanol–water partition coefficient (Wildman–Crippen LogP) is 13.5. The van der Waals surface area contributed by atoms with E-state index < -0.39 is 0 Å². The summed E-state index contributed by atoms with van der Waals surface area (Å²) in [4.78, 5) is 9.21. The molecule has 0 radical (unpaired) electrons. The van der Waals surface area contributed by atoms with Crippen LogP contribution < -0.4 is 28.4 Å². The Hall–Kier alpha value is -8.62. The average Bonchev–Trinajstić information content (AvgIpc) is 3.40. The summed E-state index contributed by atoms with van der Waals surface area (Å²) in [7, 11) is 0. The molecule has 72 heavy (non-hydrogen) atoms. The minimum absolute atomic E-state index is 0.326. The fraction of sp³-hybridized carbons (Fsp3) is 0.156. The number of hydrogen-bond donors (Lipinski definition) is 0. The second kappa shape index (κ2) is 20.4. The topological polar surface area (TPSA) is 81.2 Å². The van der Waals surface area contributed by atoms with Crippen molar-refractivity contribution in [1.82, 2.24) is 9.97 Å². The van der Waals surface area contributed by atoms with Crippen LogP contribution >= 0.6 is 0 Å². The van der Waals surface area contributed by atoms with Crippen molar-refractivity contribution >= 4 is 21.5 Å². The number of benzene rings is 8. The fourth-order valence-corrected chi connectivity index (χ4v) is 10.3. The lowest BCUT2D eigenvalue weighted by Gasteiger charge is -2.21. The third-order valence-corrected chi connectivity index (χ3v) is 13.4. The number of ether oxygens (including phenoxy) is 6. The van der Waals surface area contributed by atoms with E-state index in [1.165, 1.54) is 0 Å². The number of hydrogen-bond acceptors (Lipinski definition) is 8. The van der Waals surface area contributed by atoms with E-state index in [-0.39, 0.29) is 0 Å². The molecule has 10 aromatic rings. The molecule has 1 aliphatic heterocycles. The van der Waals surface area contributed by atoms with Gasteiger partial charge in [-0.05, 0) is 133 Å². The van der Waals surface area contributed by atoms with Crippen molar-refractivity contribution in [3.05, 3.63) is 250 Å². The predicted molar refractivity (Wildman–Crippen MR) is 283 cm³/mol. The minimum Gasteiger partial charge on any atom is -0.490 e. The smallest absolute Gasteiger partial charge is 0.130 e. The largest absolute Gasteiger partial charge is 0.490 e. The maximum Gasteiger partial charge on any atom is 0.130 e. The van der Waals surface area contributed by atoms with Crippen LogP contribution in [0.15, 0.2) is 194 Å². The van der Waals surface area contributed by atoms with E-state index in [4.69, 9.17) is 28.4 Å². The quantitative estimate of drug-likeness (QED) is 0.163. The van der Waals surface area contributed by atoms with Gasteiger partial charge in [-0.2, -0.15) is 0 Å². The first kappa shape index (κ1) is 44.6. The van der Waals surface area contributed by atoms with Gasteiger partial charge in [0.05, 0.1) is 11.4 Å². The molecule has 0 spiro atoms. The van der Waals surface area contributed by atoms with E-state index in [1.54, 1.807) is 12.4 Å². The normalized spacial score (nSPS) is 13.4. The van der Waals surface area contributed by atoms with Crippen LogP contribution in [0.4, 0.5) is 0 Å². The van der Waals surface area contributed by atoms with E-state index >= 15 is 0 Å². The summed E-state index contributed by atoms with van der Waals surface area (Å²) in [6.45, 7) is 1.97. The molecule has 1 aliphatic carbocycles. The summed E-state index contributed by atoms with van der Waals surface area (Å²) < 4.78 is 40.7. The highest BCUT2D eigenvalue weighted by molar-refractivity contribution is 6.09. The summed E-state index contributed by atoms with van der Waals surface area (Å²) in [5.41, 5.74) is 12.4. The van der Waals surface area contributed by atoms with Gasteiger partial charge in [0.2, 0.25) is 0 Å². The molecule has 2 aliphatic rings. The van der Waals surface area contributed by atoms with Crippen molar-refractivity contribution in [1.29, 1.82) is 0 Å². The zero-order chi connectivity index (χ0) is 48.1. The Labute approximate surface area is 419 Å². The number of fused-ring (bicyclic) bond motifs is 15. The highest BCUT2D eigenvalue weighted by atomic mass is 16.5. The highest BCUT2D eigenvalue weighted by Gasteiger charge is 2.22. The van der Waals surface area contributed by atoms with E-state index in [0.717, 1.165) is 123 Å². The molecule has 0 N–H and O–H groups in total. The highest BCUT2D eigenvalue weighted by Crippen LogP contribution is 2.46. The summed E-state index contributed by atoms with van der Waals surface area (Å²) >= 11 is 0. The van der Waals surface area contributed by atoms with Gasteiger partial charge in [-0.25, -0.2) is 0 Å². The van der Waals surface area contributed by atoms with Crippen molar-refractivity contribution in [3.63, 3.8) is 0 Å². The van der Waals surface area contributed by atoms with Gasteiger partial charge in [0.15, 0.2) is 0 Å². The summed E-state index contributed by atoms with van der Waals surface area (Å²) in [6, 6.07) is 63.3. The van der Waals surface area contributed by atoms with E-state index in [2.05, 4.69) is 156 Å². The van der Waals surface area contributed by atoms with Gasteiger partial charge < -0.3 is 28.4 Å². The van der Waals surface area contributed by atoms with Gasteiger partial charge in [0.1, 0.15) is 74.1 Å². The van der Waals surface area contributed by atoms with E-state index in [0.29, 0.717) is 65.3 Å². The molecule has 0 atom stereocenters. The lowest BCUT2D eigenvalue weighted by Crippen LogP contribution is -2.11. The standard InChI is InChI=1S/C64H52N2O6/c1-3-19-57-47(11-1)21-23-59-61(57)62-58-20-4-2-12-48(58)22-24-60(62)70-30-28-68-56-37-44-31-43-32-45(38-55(36-43)67-27-29-69-59)34-49-13-9-15-51(63(49)71-41-53-17-5-7-25-65-53)40-52-16-10-14-50(35-46(33-44)39-56)64(52)72-42-54-18-6-8-26-66-54/h1-26,32-33,36-39H,27-31,34-35,40-42H2. The van der Waals surface area contributed by atoms with Crippen LogP contribution in [-0.4, -0.2) is 36.4 Å². The number of nitrogens with zero attached hydrogens (tertiary/aromatic N) is 2. The fourth-order valence-electron chi connectivity index (χ4n) is 10.3. The number of para-hydroxylation sites is 2. The van der Waals surface area contributed by atoms with Crippen molar-refractivity contribution in [2.24, 2.45) is 0 Å². The Morgan fingerprint density at radius 1 is 0.361 bits per heavy atom. The second-order valence-electron chi connectivity index (χ2n) is 18.4. The van der Waals surface area contributed by atoms with Gasteiger partial charge in [-0.3, -0.25) is 9.97 Å². The number of rotatable bonds is 6. The molecule has 3 heterocycles. The zero-order valence-electron chi connectivity index (χ0n) is 39.9. The Morgan fingerprint density at radius 3 is 1.24 bits per heavy atom. The second-order valence-corrected chi connectivity index (χ2v) is 18.4. The minimum atomic E-state index is 0.326. The number of aromatic nitrogens is 2. The van der Waals surface area contributed by atoms with Gasteiger partial charge in [0, 0.05) is 42.8 Å². The molecule has 0 fully saturated rings. The Balaban J connectivity index is 0.982. The lowest BCUT2D eigenvalue weighted by atomic mass is 9.92. The Morgan fingerprint density at radius 2 is 0.778 bits per heavy atom. The van der Waals surface area contributed by atoms with Crippen LogP contribution in [0, 0.1) is 0 Å². The monoisotopic (exact) mass is 944 g/mol. The third-order valence-electron chi connectivity index (χ3n) is 13.4. The van der Waals surface area contributed by atoms with Gasteiger partial charge in [-0.15, -0.1) is 0 Å². The SMILES string of the molecule is c1ccc(COc2c3cccc2Cc2cccc(c2OCc2ccccn2)Cc2cc4cc(c2)OCCOc2ccc5ccccc5c2-c2c(ccc5ccccc25)OCCOc2cc(cc(c2)C3)C4)nc1. The molecule has 354 valence electrons. The van der Waals surface area contributed by atoms with Crippen molar-refractivity contribution < 1.29 is 28.4 Å². The summed E-state index contributed by atoms with van der Waals surface area (Å²) in [5.74, 6) is 4.75. The molecule has 10 bridgehead atoms. The maximum absolute atomic E-state index is 6.86.